The van der Waals surface area contributed by atoms with E-state index in [4.69, 9.17) is 4.74 Å². The van der Waals surface area contributed by atoms with Crippen molar-refractivity contribution in [2.75, 3.05) is 20.2 Å². The van der Waals surface area contributed by atoms with Crippen molar-refractivity contribution in [3.63, 3.8) is 0 Å². The average molecular weight is 209 g/mol. The van der Waals surface area contributed by atoms with Gasteiger partial charge in [-0.2, -0.15) is 5.10 Å². The number of methoxy groups -OCH3 is 1. The highest BCUT2D eigenvalue weighted by atomic mass is 16.5. The Hall–Kier alpha value is -1.03. The molecule has 84 valence electrons. The van der Waals surface area contributed by atoms with Gasteiger partial charge in [0, 0.05) is 13.0 Å². The van der Waals surface area contributed by atoms with Crippen molar-refractivity contribution in [3.8, 4) is 5.75 Å². The average Bonchev–Trinajstić information content (AvgIpc) is 2.60. The number of ether oxygens (including phenoxy) is 1. The summed E-state index contributed by atoms with van der Waals surface area (Å²) >= 11 is 0. The summed E-state index contributed by atoms with van der Waals surface area (Å²) in [5, 5.41) is 7.68. The Morgan fingerprint density at radius 1 is 1.60 bits per heavy atom. The van der Waals surface area contributed by atoms with Gasteiger partial charge in [0.05, 0.1) is 19.0 Å². The quantitative estimate of drug-likeness (QED) is 0.794. The Labute approximate surface area is 90.6 Å². The first kappa shape index (κ1) is 10.5. The molecule has 2 rings (SSSR count). The van der Waals surface area contributed by atoms with Crippen LogP contribution in [0.1, 0.15) is 25.0 Å². The molecule has 0 bridgehead atoms. The molecular formula is C11H19N3O. The van der Waals surface area contributed by atoms with E-state index in [1.807, 2.05) is 17.9 Å². The van der Waals surface area contributed by atoms with Gasteiger partial charge < -0.3 is 10.1 Å². The van der Waals surface area contributed by atoms with E-state index in [-0.39, 0.29) is 0 Å². The number of aryl methyl sites for hydroxylation is 1. The number of hydrogen-bond donors (Lipinski definition) is 1. The SMILES string of the molecule is COc1cnn(C)c1C1CCNCC1C. The Balaban J connectivity index is 2.29. The van der Waals surface area contributed by atoms with Gasteiger partial charge in [0.2, 0.25) is 0 Å². The van der Waals surface area contributed by atoms with E-state index in [9.17, 15) is 0 Å². The second-order valence-electron chi connectivity index (χ2n) is 4.30. The van der Waals surface area contributed by atoms with E-state index < -0.39 is 0 Å². The van der Waals surface area contributed by atoms with Gasteiger partial charge in [0.1, 0.15) is 0 Å². The predicted octanol–water partition coefficient (Wildman–Crippen LogP) is 1.14. The number of hydrogen-bond acceptors (Lipinski definition) is 3. The Morgan fingerprint density at radius 3 is 3.07 bits per heavy atom. The number of piperidine rings is 1. The predicted molar refractivity (Wildman–Crippen MR) is 59.2 cm³/mol. The molecule has 2 atom stereocenters. The van der Waals surface area contributed by atoms with Crippen LogP contribution in [0, 0.1) is 5.92 Å². The van der Waals surface area contributed by atoms with E-state index in [0.717, 1.165) is 25.3 Å². The van der Waals surface area contributed by atoms with Gasteiger partial charge in [-0.05, 0) is 25.4 Å². The van der Waals surface area contributed by atoms with E-state index in [1.165, 1.54) is 5.69 Å². The summed E-state index contributed by atoms with van der Waals surface area (Å²) in [6, 6.07) is 0. The van der Waals surface area contributed by atoms with Crippen molar-refractivity contribution in [2.24, 2.45) is 13.0 Å². The van der Waals surface area contributed by atoms with E-state index >= 15 is 0 Å². The zero-order valence-corrected chi connectivity index (χ0v) is 9.66. The first-order valence-electron chi connectivity index (χ1n) is 5.50. The summed E-state index contributed by atoms with van der Waals surface area (Å²) in [5.74, 6) is 2.13. The Morgan fingerprint density at radius 2 is 2.40 bits per heavy atom. The molecule has 0 saturated carbocycles. The van der Waals surface area contributed by atoms with E-state index in [0.29, 0.717) is 11.8 Å². The fraction of sp³-hybridized carbons (Fsp3) is 0.727. The highest BCUT2D eigenvalue weighted by Gasteiger charge is 2.28. The van der Waals surface area contributed by atoms with Crippen molar-refractivity contribution >= 4 is 0 Å². The zero-order chi connectivity index (χ0) is 10.8. The summed E-state index contributed by atoms with van der Waals surface area (Å²) in [5.41, 5.74) is 1.24. The van der Waals surface area contributed by atoms with Crippen LogP contribution in [0.15, 0.2) is 6.20 Å². The first-order valence-corrected chi connectivity index (χ1v) is 5.50. The van der Waals surface area contributed by atoms with Gasteiger partial charge >= 0.3 is 0 Å². The Bertz CT molecular complexity index is 335. The molecule has 0 spiro atoms. The summed E-state index contributed by atoms with van der Waals surface area (Å²) in [6.07, 6.45) is 2.97. The van der Waals surface area contributed by atoms with Crippen molar-refractivity contribution in [1.82, 2.24) is 15.1 Å². The molecule has 0 radical (unpaired) electrons. The largest absolute Gasteiger partial charge is 0.493 e. The van der Waals surface area contributed by atoms with Crippen LogP contribution in [0.3, 0.4) is 0 Å². The lowest BCUT2D eigenvalue weighted by molar-refractivity contribution is 0.322. The molecule has 1 N–H and O–H groups in total. The molecule has 4 nitrogen and oxygen atoms in total. The van der Waals surface area contributed by atoms with E-state index in [2.05, 4.69) is 17.3 Å². The van der Waals surface area contributed by atoms with Gasteiger partial charge in [-0.25, -0.2) is 0 Å². The van der Waals surface area contributed by atoms with Crippen LogP contribution in [-0.4, -0.2) is 30.0 Å². The summed E-state index contributed by atoms with van der Waals surface area (Å²) in [6.45, 7) is 4.45. The summed E-state index contributed by atoms with van der Waals surface area (Å²) in [7, 11) is 3.71. The number of aromatic nitrogens is 2. The van der Waals surface area contributed by atoms with Crippen LogP contribution in [0.2, 0.25) is 0 Å². The van der Waals surface area contributed by atoms with Crippen molar-refractivity contribution in [1.29, 1.82) is 0 Å². The molecule has 0 amide bonds. The summed E-state index contributed by atoms with van der Waals surface area (Å²) < 4.78 is 7.31. The van der Waals surface area contributed by atoms with Crippen LogP contribution >= 0.6 is 0 Å². The van der Waals surface area contributed by atoms with Crippen LogP contribution in [0.5, 0.6) is 5.75 Å². The lowest BCUT2D eigenvalue weighted by atomic mass is 9.85. The maximum atomic E-state index is 5.36. The molecule has 0 aromatic carbocycles. The van der Waals surface area contributed by atoms with E-state index in [1.54, 1.807) is 7.11 Å². The normalized spacial score (nSPS) is 26.6. The first-order chi connectivity index (χ1) is 7.24. The van der Waals surface area contributed by atoms with Gasteiger partial charge in [0.15, 0.2) is 5.75 Å². The molecule has 1 aromatic heterocycles. The monoisotopic (exact) mass is 209 g/mol. The maximum Gasteiger partial charge on any atom is 0.160 e. The molecule has 1 fully saturated rings. The third-order valence-electron chi connectivity index (χ3n) is 3.31. The summed E-state index contributed by atoms with van der Waals surface area (Å²) in [4.78, 5) is 0. The molecule has 4 heteroatoms. The van der Waals surface area contributed by atoms with Gasteiger partial charge in [0.25, 0.3) is 0 Å². The molecule has 2 heterocycles. The smallest absolute Gasteiger partial charge is 0.160 e. The fourth-order valence-electron chi connectivity index (χ4n) is 2.43. The number of rotatable bonds is 2. The highest BCUT2D eigenvalue weighted by molar-refractivity contribution is 5.29. The third-order valence-corrected chi connectivity index (χ3v) is 3.31. The zero-order valence-electron chi connectivity index (χ0n) is 9.66. The molecule has 1 aromatic rings. The maximum absolute atomic E-state index is 5.36. The van der Waals surface area contributed by atoms with Gasteiger partial charge in [-0.3, -0.25) is 4.68 Å². The van der Waals surface area contributed by atoms with Gasteiger partial charge in [-0.1, -0.05) is 6.92 Å². The molecule has 1 aliphatic rings. The van der Waals surface area contributed by atoms with Crippen molar-refractivity contribution in [3.05, 3.63) is 11.9 Å². The Kier molecular flexibility index (Phi) is 2.95. The minimum atomic E-state index is 0.564. The molecule has 15 heavy (non-hydrogen) atoms. The second-order valence-corrected chi connectivity index (χ2v) is 4.30. The van der Waals surface area contributed by atoms with Crippen LogP contribution < -0.4 is 10.1 Å². The topological polar surface area (TPSA) is 39.1 Å². The highest BCUT2D eigenvalue weighted by Crippen LogP contribution is 2.35. The van der Waals surface area contributed by atoms with Crippen LogP contribution in [0.25, 0.3) is 0 Å². The van der Waals surface area contributed by atoms with Crippen LogP contribution in [-0.2, 0) is 7.05 Å². The molecule has 1 aliphatic heterocycles. The molecule has 0 aliphatic carbocycles. The van der Waals surface area contributed by atoms with Crippen LogP contribution in [0.4, 0.5) is 0 Å². The second kappa shape index (κ2) is 4.23. The fourth-order valence-corrected chi connectivity index (χ4v) is 2.43. The lowest BCUT2D eigenvalue weighted by Gasteiger charge is -2.29. The standard InChI is InChI=1S/C11H19N3O/c1-8-6-12-5-4-9(8)11-10(15-3)7-13-14(11)2/h7-9,12H,4-6H2,1-3H3. The lowest BCUT2D eigenvalue weighted by Crippen LogP contribution is -2.34. The molecule has 2 unspecified atom stereocenters. The number of nitrogens with zero attached hydrogens (tertiary/aromatic N) is 2. The third kappa shape index (κ3) is 1.86. The van der Waals surface area contributed by atoms with Crippen molar-refractivity contribution < 1.29 is 4.74 Å². The number of nitrogens with one attached hydrogen (secondary N) is 1. The van der Waals surface area contributed by atoms with Crippen molar-refractivity contribution in [2.45, 2.75) is 19.3 Å². The minimum absolute atomic E-state index is 0.564. The van der Waals surface area contributed by atoms with Gasteiger partial charge in [-0.15, -0.1) is 0 Å². The minimum Gasteiger partial charge on any atom is -0.493 e. The molecular weight excluding hydrogens is 190 g/mol. The molecule has 1 saturated heterocycles.